The molecule has 3 heterocycles. The molecule has 7 nitrogen and oxygen atoms in total. The Balaban J connectivity index is 0.000000917. The van der Waals surface area contributed by atoms with Crippen molar-refractivity contribution in [3.8, 4) is 21.8 Å². The highest BCUT2D eigenvalue weighted by Crippen LogP contribution is 2.38. The van der Waals surface area contributed by atoms with Crippen LogP contribution in [0.4, 0.5) is 10.5 Å². The molecule has 2 aromatic carbocycles. The van der Waals surface area contributed by atoms with Crippen LogP contribution in [0.3, 0.4) is 0 Å². The van der Waals surface area contributed by atoms with Crippen LogP contribution in [0.2, 0.25) is 0 Å². The Kier molecular flexibility index (Phi) is 7.52. The molecule has 3 aromatic heterocycles. The largest absolute Gasteiger partial charge is 0.441 e. The molecule has 5 rings (SSSR count). The summed E-state index contributed by atoms with van der Waals surface area (Å²) in [6, 6.07) is 22.0. The standard InChI is InChI=1S/C25H20N2O3S2.CO2/c1-15-23(26-25(28)29-16(2)17-6-4-3-5-7-17)24(30-27-15)19-10-8-18(9-11-19)21-14-22-20(32-21)12-13-31-22;2-1-3/h3-14,16H,1-2H3,(H,26,28);. The van der Waals surface area contributed by atoms with Gasteiger partial charge in [-0.15, -0.1) is 22.7 Å². The van der Waals surface area contributed by atoms with Crippen LogP contribution in [0.15, 0.2) is 76.6 Å². The van der Waals surface area contributed by atoms with Crippen molar-refractivity contribution in [3.05, 3.63) is 83.4 Å². The van der Waals surface area contributed by atoms with E-state index in [0.717, 1.165) is 16.7 Å². The number of ether oxygens (including phenoxy) is 1. The Labute approximate surface area is 209 Å². The molecular formula is C26H20N2O5S2. The maximum absolute atomic E-state index is 12.5. The lowest BCUT2D eigenvalue weighted by molar-refractivity contribution is -0.191. The molecule has 0 fully saturated rings. The van der Waals surface area contributed by atoms with Gasteiger partial charge in [-0.05, 0) is 42.5 Å². The summed E-state index contributed by atoms with van der Waals surface area (Å²) in [6.07, 6.45) is -0.677. The van der Waals surface area contributed by atoms with Crippen LogP contribution in [-0.2, 0) is 14.3 Å². The molecule has 35 heavy (non-hydrogen) atoms. The molecule has 176 valence electrons. The smallest absolute Gasteiger partial charge is 0.412 e. The van der Waals surface area contributed by atoms with Crippen molar-refractivity contribution >= 4 is 50.0 Å². The summed E-state index contributed by atoms with van der Waals surface area (Å²) >= 11 is 3.53. The van der Waals surface area contributed by atoms with Gasteiger partial charge in [-0.3, -0.25) is 5.32 Å². The van der Waals surface area contributed by atoms with E-state index < -0.39 is 6.09 Å². The summed E-state index contributed by atoms with van der Waals surface area (Å²) in [5, 5.41) is 8.96. The Hall–Kier alpha value is -4.04. The van der Waals surface area contributed by atoms with Gasteiger partial charge in [0.15, 0.2) is 5.76 Å². The van der Waals surface area contributed by atoms with Crippen molar-refractivity contribution < 1.29 is 23.6 Å². The number of fused-ring (bicyclic) bond motifs is 1. The molecule has 0 aliphatic carbocycles. The fraction of sp³-hybridized carbons (Fsp3) is 0.115. The van der Waals surface area contributed by atoms with Crippen molar-refractivity contribution in [2.75, 3.05) is 5.32 Å². The first kappa shape index (κ1) is 24.1. The zero-order chi connectivity index (χ0) is 24.8. The molecular weight excluding hydrogens is 484 g/mol. The van der Waals surface area contributed by atoms with Crippen LogP contribution in [0.25, 0.3) is 31.2 Å². The summed E-state index contributed by atoms with van der Waals surface area (Å²) in [7, 11) is 0. The number of aromatic nitrogens is 1. The maximum atomic E-state index is 12.5. The molecule has 0 saturated carbocycles. The minimum Gasteiger partial charge on any atom is -0.441 e. The number of hydrogen-bond acceptors (Lipinski definition) is 8. The summed E-state index contributed by atoms with van der Waals surface area (Å²) < 4.78 is 13.7. The minimum absolute atomic E-state index is 0.250. The minimum atomic E-state index is -0.552. The molecule has 5 aromatic rings. The fourth-order valence-electron chi connectivity index (χ4n) is 3.49. The molecule has 0 radical (unpaired) electrons. The summed E-state index contributed by atoms with van der Waals surface area (Å²) in [5.74, 6) is 0.505. The Morgan fingerprint density at radius 3 is 2.40 bits per heavy atom. The number of benzene rings is 2. The van der Waals surface area contributed by atoms with Gasteiger partial charge in [0, 0.05) is 19.8 Å². The van der Waals surface area contributed by atoms with E-state index in [-0.39, 0.29) is 12.3 Å². The molecule has 9 heteroatoms. The van der Waals surface area contributed by atoms with E-state index in [0.29, 0.717) is 17.1 Å². The molecule has 0 aliphatic heterocycles. The third kappa shape index (κ3) is 5.55. The van der Waals surface area contributed by atoms with Crippen LogP contribution in [-0.4, -0.2) is 17.4 Å². The molecule has 1 amide bonds. The Bertz CT molecular complexity index is 1430. The number of hydrogen-bond donors (Lipinski definition) is 1. The van der Waals surface area contributed by atoms with E-state index in [9.17, 15) is 4.79 Å². The zero-order valence-corrected chi connectivity index (χ0v) is 20.4. The van der Waals surface area contributed by atoms with Gasteiger partial charge in [0.2, 0.25) is 0 Å². The monoisotopic (exact) mass is 504 g/mol. The first-order valence-electron chi connectivity index (χ1n) is 10.6. The van der Waals surface area contributed by atoms with Gasteiger partial charge in [-0.25, -0.2) is 4.79 Å². The van der Waals surface area contributed by atoms with Crippen molar-refractivity contribution in [1.29, 1.82) is 0 Å². The summed E-state index contributed by atoms with van der Waals surface area (Å²) in [5.41, 5.74) is 4.00. The first-order chi connectivity index (χ1) is 17.0. The fourth-order valence-corrected chi connectivity index (χ4v) is 5.61. The Morgan fingerprint density at radius 1 is 1.03 bits per heavy atom. The second-order valence-corrected chi connectivity index (χ2v) is 9.51. The van der Waals surface area contributed by atoms with E-state index in [1.54, 1.807) is 29.6 Å². The van der Waals surface area contributed by atoms with Crippen molar-refractivity contribution in [2.45, 2.75) is 20.0 Å². The van der Waals surface area contributed by atoms with E-state index >= 15 is 0 Å². The number of amides is 1. The Morgan fingerprint density at radius 2 is 1.71 bits per heavy atom. The molecule has 0 saturated heterocycles. The van der Waals surface area contributed by atoms with Crippen LogP contribution in [0.1, 0.15) is 24.3 Å². The first-order valence-corrected chi connectivity index (χ1v) is 12.3. The lowest BCUT2D eigenvalue weighted by Gasteiger charge is -2.14. The average Bonchev–Trinajstić information content (AvgIpc) is 3.56. The highest BCUT2D eigenvalue weighted by atomic mass is 32.1. The molecule has 0 spiro atoms. The number of carbonyl (C=O) groups is 1. The van der Waals surface area contributed by atoms with Gasteiger partial charge in [-0.2, -0.15) is 9.59 Å². The lowest BCUT2D eigenvalue weighted by atomic mass is 10.1. The molecule has 1 atom stereocenters. The van der Waals surface area contributed by atoms with E-state index in [2.05, 4.69) is 40.1 Å². The zero-order valence-electron chi connectivity index (χ0n) is 18.8. The van der Waals surface area contributed by atoms with Crippen molar-refractivity contribution in [2.24, 2.45) is 0 Å². The molecule has 0 bridgehead atoms. The van der Waals surface area contributed by atoms with Gasteiger partial charge >= 0.3 is 12.2 Å². The maximum Gasteiger partial charge on any atom is 0.412 e. The van der Waals surface area contributed by atoms with E-state index in [1.807, 2.05) is 49.4 Å². The van der Waals surface area contributed by atoms with Crippen molar-refractivity contribution in [1.82, 2.24) is 5.16 Å². The lowest BCUT2D eigenvalue weighted by Crippen LogP contribution is -2.16. The second-order valence-electron chi connectivity index (χ2n) is 7.48. The predicted molar refractivity (Wildman–Crippen MR) is 135 cm³/mol. The van der Waals surface area contributed by atoms with Gasteiger partial charge < -0.3 is 9.26 Å². The van der Waals surface area contributed by atoms with Gasteiger partial charge in [-0.1, -0.05) is 59.8 Å². The molecule has 1 N–H and O–H groups in total. The normalized spacial score (nSPS) is 11.3. The van der Waals surface area contributed by atoms with Gasteiger partial charge in [0.1, 0.15) is 17.5 Å². The van der Waals surface area contributed by atoms with Gasteiger partial charge in [0.25, 0.3) is 0 Å². The number of thiophene rings is 2. The highest BCUT2D eigenvalue weighted by Gasteiger charge is 2.20. The third-order valence-electron chi connectivity index (χ3n) is 5.21. The van der Waals surface area contributed by atoms with Gasteiger partial charge in [0.05, 0.1) is 0 Å². The predicted octanol–water partition coefficient (Wildman–Crippen LogP) is 7.32. The van der Waals surface area contributed by atoms with E-state index in [1.165, 1.54) is 14.3 Å². The molecule has 1 unspecified atom stereocenters. The number of carbonyl (C=O) groups excluding carboxylic acids is 3. The quantitative estimate of drug-likeness (QED) is 0.269. The van der Waals surface area contributed by atoms with Crippen LogP contribution >= 0.6 is 22.7 Å². The number of nitrogens with zero attached hydrogens (tertiary/aromatic N) is 1. The van der Waals surface area contributed by atoms with Crippen LogP contribution < -0.4 is 5.32 Å². The average molecular weight is 505 g/mol. The summed E-state index contributed by atoms with van der Waals surface area (Å²) in [4.78, 5) is 30.0. The summed E-state index contributed by atoms with van der Waals surface area (Å²) in [6.45, 7) is 3.62. The van der Waals surface area contributed by atoms with Crippen LogP contribution in [0.5, 0.6) is 0 Å². The third-order valence-corrected chi connectivity index (χ3v) is 7.36. The topological polar surface area (TPSA) is 98.5 Å². The SMILES string of the molecule is Cc1noc(-c2ccc(-c3cc4sccc4s3)cc2)c1NC(=O)OC(C)c1ccccc1.O=C=O. The van der Waals surface area contributed by atoms with Crippen molar-refractivity contribution in [3.63, 3.8) is 0 Å². The number of aryl methyl sites for hydroxylation is 1. The number of anilines is 1. The molecule has 0 aliphatic rings. The van der Waals surface area contributed by atoms with Crippen LogP contribution in [0, 0.1) is 6.92 Å². The van der Waals surface area contributed by atoms with E-state index in [4.69, 9.17) is 18.8 Å². The second kappa shape index (κ2) is 10.9. The number of nitrogens with one attached hydrogen (secondary N) is 1. The number of rotatable bonds is 5. The highest BCUT2D eigenvalue weighted by molar-refractivity contribution is 7.28.